The number of fused-ring (bicyclic) bond motifs is 1. The van der Waals surface area contributed by atoms with Crippen LogP contribution in [0.4, 0.5) is 10.1 Å². The van der Waals surface area contributed by atoms with Gasteiger partial charge < -0.3 is 14.7 Å². The predicted molar refractivity (Wildman–Crippen MR) is 75.1 cm³/mol. The number of benzene rings is 1. The molecule has 2 saturated heterocycles. The summed E-state index contributed by atoms with van der Waals surface area (Å²) in [6.07, 6.45) is 2.87. The number of carboxylic acids is 1. The molecule has 1 aromatic rings. The summed E-state index contributed by atoms with van der Waals surface area (Å²) in [6, 6.07) is 4.07. The number of nitrogens with zero attached hydrogens (tertiary/aromatic N) is 1. The zero-order chi connectivity index (χ0) is 15.6. The molecule has 3 aliphatic rings. The third-order valence-corrected chi connectivity index (χ3v) is 4.91. The maximum atomic E-state index is 13.6. The molecule has 114 valence electrons. The van der Waals surface area contributed by atoms with Crippen LogP contribution in [-0.2, 0) is 14.3 Å². The topological polar surface area (TPSA) is 66.8 Å². The first-order valence-corrected chi connectivity index (χ1v) is 7.17. The molecule has 3 heterocycles. The molecule has 5 nitrogen and oxygen atoms in total. The molecule has 0 saturated carbocycles. The molecule has 1 aromatic carbocycles. The minimum Gasteiger partial charge on any atom is -0.481 e. The van der Waals surface area contributed by atoms with Crippen molar-refractivity contribution in [3.05, 3.63) is 41.2 Å². The smallest absolute Gasteiger partial charge is 0.310 e. The van der Waals surface area contributed by atoms with Crippen molar-refractivity contribution < 1.29 is 23.8 Å². The fourth-order valence-corrected chi connectivity index (χ4v) is 3.77. The Kier molecular flexibility index (Phi) is 2.68. The molecular weight excluding hydrogens is 313 g/mol. The zero-order valence-electron chi connectivity index (χ0n) is 11.2. The summed E-state index contributed by atoms with van der Waals surface area (Å²) in [7, 11) is 0. The standard InChI is InChI=1S/C15H11ClFNO4/c16-8-2-1-7(5-9(8)17)18-6-15-4-3-10(22-15)11(14(20)21)12(15)13(18)19/h1-5,10-12H,6H2,(H,20,21)/t10-,11-,12+,15-/m1/s1. The van der Waals surface area contributed by atoms with Gasteiger partial charge in [0.05, 0.1) is 23.6 Å². The third kappa shape index (κ3) is 1.62. The van der Waals surface area contributed by atoms with Crippen LogP contribution in [0.2, 0.25) is 5.02 Å². The molecule has 4 atom stereocenters. The molecule has 7 heteroatoms. The summed E-state index contributed by atoms with van der Waals surface area (Å²) < 4.78 is 19.4. The minimum atomic E-state index is -1.06. The van der Waals surface area contributed by atoms with Gasteiger partial charge in [0.1, 0.15) is 17.3 Å². The Bertz CT molecular complexity index is 736. The van der Waals surface area contributed by atoms with Crippen LogP contribution in [0.3, 0.4) is 0 Å². The van der Waals surface area contributed by atoms with Crippen molar-refractivity contribution in [3.8, 4) is 0 Å². The molecule has 4 rings (SSSR count). The first-order valence-electron chi connectivity index (χ1n) is 6.79. The largest absolute Gasteiger partial charge is 0.481 e. The molecule has 22 heavy (non-hydrogen) atoms. The van der Waals surface area contributed by atoms with Crippen molar-refractivity contribution in [2.45, 2.75) is 11.7 Å². The van der Waals surface area contributed by atoms with E-state index in [-0.39, 0.29) is 17.5 Å². The second-order valence-corrected chi connectivity index (χ2v) is 6.17. The van der Waals surface area contributed by atoms with Gasteiger partial charge in [0.25, 0.3) is 0 Å². The van der Waals surface area contributed by atoms with Crippen molar-refractivity contribution in [3.63, 3.8) is 0 Å². The second-order valence-electron chi connectivity index (χ2n) is 5.76. The number of carbonyl (C=O) groups excluding carboxylic acids is 1. The number of halogens is 2. The summed E-state index contributed by atoms with van der Waals surface area (Å²) >= 11 is 5.65. The summed E-state index contributed by atoms with van der Waals surface area (Å²) in [5.41, 5.74) is -0.582. The second kappa shape index (κ2) is 4.30. The fraction of sp³-hybridized carbons (Fsp3) is 0.333. The van der Waals surface area contributed by atoms with E-state index in [1.807, 2.05) is 0 Å². The lowest BCUT2D eigenvalue weighted by atomic mass is 9.77. The van der Waals surface area contributed by atoms with Crippen molar-refractivity contribution in [1.82, 2.24) is 0 Å². The molecule has 0 radical (unpaired) electrons. The molecule has 1 spiro atoms. The Balaban J connectivity index is 1.74. The molecule has 3 aliphatic heterocycles. The van der Waals surface area contributed by atoms with Crippen LogP contribution < -0.4 is 4.90 Å². The summed E-state index contributed by atoms with van der Waals surface area (Å²) in [5.74, 6) is -3.73. The van der Waals surface area contributed by atoms with Crippen LogP contribution in [0.1, 0.15) is 0 Å². The van der Waals surface area contributed by atoms with Crippen LogP contribution in [-0.4, -0.2) is 35.2 Å². The molecular formula is C15H11ClFNO4. The molecule has 1 N–H and O–H groups in total. The molecule has 0 aromatic heterocycles. The lowest BCUT2D eigenvalue weighted by Gasteiger charge is -2.21. The summed E-state index contributed by atoms with van der Waals surface area (Å²) in [5, 5.41) is 9.34. The average Bonchev–Trinajstić information content (AvgIpc) is 3.10. The summed E-state index contributed by atoms with van der Waals surface area (Å²) in [4.78, 5) is 25.5. The van der Waals surface area contributed by atoms with E-state index in [0.717, 1.165) is 0 Å². The van der Waals surface area contributed by atoms with Gasteiger partial charge in [0.2, 0.25) is 5.91 Å². The number of rotatable bonds is 2. The Hall–Kier alpha value is -1.92. The summed E-state index contributed by atoms with van der Waals surface area (Å²) in [6.45, 7) is 0.175. The lowest BCUT2D eigenvalue weighted by molar-refractivity contribution is -0.146. The number of ether oxygens (including phenoxy) is 1. The number of hydrogen-bond acceptors (Lipinski definition) is 3. The van der Waals surface area contributed by atoms with E-state index < -0.39 is 35.3 Å². The number of anilines is 1. The van der Waals surface area contributed by atoms with E-state index in [2.05, 4.69) is 0 Å². The van der Waals surface area contributed by atoms with Gasteiger partial charge in [-0.2, -0.15) is 0 Å². The highest BCUT2D eigenvalue weighted by Crippen LogP contribution is 2.52. The van der Waals surface area contributed by atoms with Crippen molar-refractivity contribution in [2.75, 3.05) is 11.4 Å². The predicted octanol–water partition coefficient (Wildman–Crippen LogP) is 1.85. The number of hydrogen-bond donors (Lipinski definition) is 1. The molecule has 0 aliphatic carbocycles. The molecule has 1 amide bonds. The maximum absolute atomic E-state index is 13.6. The van der Waals surface area contributed by atoms with E-state index in [1.54, 1.807) is 12.2 Å². The van der Waals surface area contributed by atoms with Gasteiger partial charge in [-0.05, 0) is 18.2 Å². The van der Waals surface area contributed by atoms with E-state index in [0.29, 0.717) is 5.69 Å². The van der Waals surface area contributed by atoms with Crippen molar-refractivity contribution >= 4 is 29.2 Å². The van der Waals surface area contributed by atoms with E-state index in [9.17, 15) is 19.1 Å². The maximum Gasteiger partial charge on any atom is 0.310 e. The Labute approximate surface area is 129 Å². The van der Waals surface area contributed by atoms with Gasteiger partial charge in [-0.15, -0.1) is 0 Å². The number of amides is 1. The van der Waals surface area contributed by atoms with E-state index in [1.165, 1.54) is 23.1 Å². The molecule has 2 bridgehead atoms. The molecule has 2 fully saturated rings. The average molecular weight is 324 g/mol. The van der Waals surface area contributed by atoms with Crippen LogP contribution in [0.15, 0.2) is 30.4 Å². The van der Waals surface area contributed by atoms with Gasteiger partial charge >= 0.3 is 5.97 Å². The van der Waals surface area contributed by atoms with Gasteiger partial charge in [-0.1, -0.05) is 23.8 Å². The van der Waals surface area contributed by atoms with Gasteiger partial charge in [-0.3, -0.25) is 9.59 Å². The van der Waals surface area contributed by atoms with Gasteiger partial charge in [-0.25, -0.2) is 4.39 Å². The van der Waals surface area contributed by atoms with Crippen LogP contribution >= 0.6 is 11.6 Å². The highest BCUT2D eigenvalue weighted by molar-refractivity contribution is 6.30. The van der Waals surface area contributed by atoms with Crippen LogP contribution in [0.25, 0.3) is 0 Å². The number of aliphatic carboxylic acids is 1. The van der Waals surface area contributed by atoms with E-state index >= 15 is 0 Å². The quantitative estimate of drug-likeness (QED) is 0.844. The normalized spacial score (nSPS) is 35.3. The van der Waals surface area contributed by atoms with Crippen LogP contribution in [0.5, 0.6) is 0 Å². The van der Waals surface area contributed by atoms with Gasteiger partial charge in [0, 0.05) is 5.69 Å². The Morgan fingerprint density at radius 1 is 1.50 bits per heavy atom. The Morgan fingerprint density at radius 3 is 2.95 bits per heavy atom. The van der Waals surface area contributed by atoms with Crippen molar-refractivity contribution in [2.24, 2.45) is 11.8 Å². The minimum absolute atomic E-state index is 0.0331. The third-order valence-electron chi connectivity index (χ3n) is 4.60. The van der Waals surface area contributed by atoms with Crippen LogP contribution in [0, 0.1) is 17.7 Å². The van der Waals surface area contributed by atoms with E-state index in [4.69, 9.17) is 16.3 Å². The van der Waals surface area contributed by atoms with Gasteiger partial charge in [0.15, 0.2) is 0 Å². The number of carboxylic acid groups (broad SMARTS) is 1. The monoisotopic (exact) mass is 323 g/mol. The lowest BCUT2D eigenvalue weighted by Crippen LogP contribution is -2.39. The number of carbonyl (C=O) groups is 2. The highest BCUT2D eigenvalue weighted by Gasteiger charge is 2.67. The first kappa shape index (κ1) is 13.7. The Morgan fingerprint density at radius 2 is 2.27 bits per heavy atom. The highest BCUT2D eigenvalue weighted by atomic mass is 35.5. The fourth-order valence-electron chi connectivity index (χ4n) is 3.65. The van der Waals surface area contributed by atoms with Crippen molar-refractivity contribution in [1.29, 1.82) is 0 Å². The zero-order valence-corrected chi connectivity index (χ0v) is 12.0. The first-order chi connectivity index (χ1) is 10.4. The molecule has 0 unspecified atom stereocenters. The SMILES string of the molecule is O=C(O)[C@H]1[C@H]2C(=O)N(c3ccc(Cl)c(F)c3)C[C@]23C=C[C@H]1O3.